The Kier molecular flexibility index (Phi) is 4.95. The van der Waals surface area contributed by atoms with Gasteiger partial charge in [0, 0.05) is 37.1 Å². The number of carbonyl (C=O) groups excluding carboxylic acids is 1. The van der Waals surface area contributed by atoms with Crippen LogP contribution in [0.4, 0.5) is 0 Å². The molecule has 1 aliphatic rings. The summed E-state index contributed by atoms with van der Waals surface area (Å²) < 4.78 is 0. The van der Waals surface area contributed by atoms with E-state index < -0.39 is 0 Å². The summed E-state index contributed by atoms with van der Waals surface area (Å²) >= 11 is 0. The zero-order valence-electron chi connectivity index (χ0n) is 11.8. The van der Waals surface area contributed by atoms with Crippen LogP contribution in [-0.2, 0) is 4.79 Å². The van der Waals surface area contributed by atoms with Crippen molar-refractivity contribution in [2.75, 3.05) is 20.1 Å². The minimum Gasteiger partial charge on any atom is -0.351 e. The van der Waals surface area contributed by atoms with Gasteiger partial charge in [0.15, 0.2) is 0 Å². The first kappa shape index (κ1) is 14.5. The number of hydrogen-bond donors (Lipinski definition) is 2. The van der Waals surface area contributed by atoms with E-state index in [0.29, 0.717) is 18.5 Å². The van der Waals surface area contributed by atoms with Crippen LogP contribution in [0.25, 0.3) is 0 Å². The molecule has 1 amide bonds. The molecular formula is C13H27N3O. The Morgan fingerprint density at radius 2 is 2.06 bits per heavy atom. The van der Waals surface area contributed by atoms with Crippen molar-refractivity contribution < 1.29 is 4.79 Å². The first-order chi connectivity index (χ1) is 7.78. The van der Waals surface area contributed by atoms with E-state index in [1.807, 2.05) is 20.8 Å². The molecule has 17 heavy (non-hydrogen) atoms. The fraction of sp³-hybridized carbons (Fsp3) is 0.923. The SMILES string of the molecule is CC1CC(NCCC(=O)NC(C)(C)C)CN1C. The van der Waals surface area contributed by atoms with Crippen LogP contribution in [0.5, 0.6) is 0 Å². The average Bonchev–Trinajstić information content (AvgIpc) is 2.43. The highest BCUT2D eigenvalue weighted by atomic mass is 16.1. The molecule has 2 unspecified atom stereocenters. The molecule has 0 bridgehead atoms. The average molecular weight is 241 g/mol. The highest BCUT2D eigenvalue weighted by Crippen LogP contribution is 2.14. The summed E-state index contributed by atoms with van der Waals surface area (Å²) in [5.41, 5.74) is -0.126. The Hall–Kier alpha value is -0.610. The Balaban J connectivity index is 2.14. The molecule has 0 aromatic carbocycles. The summed E-state index contributed by atoms with van der Waals surface area (Å²) in [5, 5.41) is 6.43. The second-order valence-corrected chi connectivity index (χ2v) is 6.22. The molecular weight excluding hydrogens is 214 g/mol. The molecule has 1 rings (SSSR count). The molecule has 2 atom stereocenters. The molecule has 1 aliphatic heterocycles. The van der Waals surface area contributed by atoms with E-state index in [-0.39, 0.29) is 11.4 Å². The third-order valence-electron chi connectivity index (χ3n) is 3.19. The van der Waals surface area contributed by atoms with Gasteiger partial charge in [-0.3, -0.25) is 4.79 Å². The van der Waals surface area contributed by atoms with Gasteiger partial charge in [-0.05, 0) is 41.2 Å². The molecule has 4 heteroatoms. The zero-order valence-corrected chi connectivity index (χ0v) is 11.8. The van der Waals surface area contributed by atoms with Crippen molar-refractivity contribution in [2.24, 2.45) is 0 Å². The van der Waals surface area contributed by atoms with Gasteiger partial charge in [0.1, 0.15) is 0 Å². The quantitative estimate of drug-likeness (QED) is 0.771. The Bertz CT molecular complexity index is 250. The fourth-order valence-electron chi connectivity index (χ4n) is 2.21. The van der Waals surface area contributed by atoms with Crippen LogP contribution < -0.4 is 10.6 Å². The predicted molar refractivity (Wildman–Crippen MR) is 71.0 cm³/mol. The van der Waals surface area contributed by atoms with Crippen LogP contribution in [0, 0.1) is 0 Å². The van der Waals surface area contributed by atoms with Gasteiger partial charge < -0.3 is 15.5 Å². The second kappa shape index (κ2) is 5.83. The number of hydrogen-bond acceptors (Lipinski definition) is 3. The molecule has 0 aromatic heterocycles. The molecule has 0 saturated carbocycles. The van der Waals surface area contributed by atoms with Crippen LogP contribution in [-0.4, -0.2) is 48.6 Å². The maximum absolute atomic E-state index is 11.6. The van der Waals surface area contributed by atoms with E-state index in [4.69, 9.17) is 0 Å². The number of amides is 1. The standard InChI is InChI=1S/C13H27N3O/c1-10-8-11(9-16(10)5)14-7-6-12(17)15-13(2,3)4/h10-11,14H,6-9H2,1-5H3,(H,15,17). The molecule has 2 N–H and O–H groups in total. The minimum atomic E-state index is -0.126. The summed E-state index contributed by atoms with van der Waals surface area (Å²) in [6, 6.07) is 1.19. The van der Waals surface area contributed by atoms with Gasteiger partial charge in [0.05, 0.1) is 0 Å². The molecule has 1 heterocycles. The molecule has 4 nitrogen and oxygen atoms in total. The molecule has 1 saturated heterocycles. The Morgan fingerprint density at radius 3 is 2.53 bits per heavy atom. The van der Waals surface area contributed by atoms with Crippen LogP contribution in [0.2, 0.25) is 0 Å². The van der Waals surface area contributed by atoms with Gasteiger partial charge in [-0.25, -0.2) is 0 Å². The van der Waals surface area contributed by atoms with E-state index >= 15 is 0 Å². The third kappa shape index (κ3) is 5.50. The summed E-state index contributed by atoms with van der Waals surface area (Å²) in [6.07, 6.45) is 1.74. The van der Waals surface area contributed by atoms with Gasteiger partial charge >= 0.3 is 0 Å². The van der Waals surface area contributed by atoms with Gasteiger partial charge in [-0.1, -0.05) is 0 Å². The van der Waals surface area contributed by atoms with Crippen molar-refractivity contribution in [2.45, 2.75) is 58.2 Å². The van der Waals surface area contributed by atoms with E-state index in [9.17, 15) is 4.79 Å². The first-order valence-electron chi connectivity index (χ1n) is 6.52. The summed E-state index contributed by atoms with van der Waals surface area (Å²) in [6.45, 7) is 10.1. The van der Waals surface area contributed by atoms with Crippen molar-refractivity contribution >= 4 is 5.91 Å². The maximum atomic E-state index is 11.6. The van der Waals surface area contributed by atoms with Crippen LogP contribution in [0.15, 0.2) is 0 Å². The first-order valence-corrected chi connectivity index (χ1v) is 6.52. The summed E-state index contributed by atoms with van der Waals surface area (Å²) in [5.74, 6) is 0.129. The van der Waals surface area contributed by atoms with Crippen LogP contribution in [0.1, 0.15) is 40.5 Å². The van der Waals surface area contributed by atoms with Crippen LogP contribution in [0.3, 0.4) is 0 Å². The second-order valence-electron chi connectivity index (χ2n) is 6.22. The lowest BCUT2D eigenvalue weighted by atomic mass is 10.1. The number of nitrogens with zero attached hydrogens (tertiary/aromatic N) is 1. The lowest BCUT2D eigenvalue weighted by Gasteiger charge is -2.21. The monoisotopic (exact) mass is 241 g/mol. The van der Waals surface area contributed by atoms with Crippen molar-refractivity contribution in [3.8, 4) is 0 Å². The highest BCUT2D eigenvalue weighted by molar-refractivity contribution is 5.76. The van der Waals surface area contributed by atoms with E-state index in [1.165, 1.54) is 6.42 Å². The number of rotatable bonds is 4. The molecule has 0 radical (unpaired) electrons. The van der Waals surface area contributed by atoms with Crippen molar-refractivity contribution in [1.29, 1.82) is 0 Å². The number of likely N-dealkylation sites (tertiary alicyclic amines) is 1. The maximum Gasteiger partial charge on any atom is 0.221 e. The summed E-state index contributed by atoms with van der Waals surface area (Å²) in [4.78, 5) is 14.0. The topological polar surface area (TPSA) is 44.4 Å². The van der Waals surface area contributed by atoms with Gasteiger partial charge in [0.2, 0.25) is 5.91 Å². The highest BCUT2D eigenvalue weighted by Gasteiger charge is 2.25. The number of nitrogens with one attached hydrogen (secondary N) is 2. The third-order valence-corrected chi connectivity index (χ3v) is 3.19. The number of likely N-dealkylation sites (N-methyl/N-ethyl adjacent to an activating group) is 1. The molecule has 0 aromatic rings. The van der Waals surface area contributed by atoms with Gasteiger partial charge in [-0.2, -0.15) is 0 Å². The van der Waals surface area contributed by atoms with Crippen molar-refractivity contribution in [1.82, 2.24) is 15.5 Å². The van der Waals surface area contributed by atoms with Gasteiger partial charge in [0.25, 0.3) is 0 Å². The van der Waals surface area contributed by atoms with Crippen molar-refractivity contribution in [3.05, 3.63) is 0 Å². The Morgan fingerprint density at radius 1 is 1.41 bits per heavy atom. The lowest BCUT2D eigenvalue weighted by Crippen LogP contribution is -2.42. The largest absolute Gasteiger partial charge is 0.351 e. The van der Waals surface area contributed by atoms with E-state index in [0.717, 1.165) is 13.1 Å². The smallest absolute Gasteiger partial charge is 0.221 e. The molecule has 0 aliphatic carbocycles. The number of carbonyl (C=O) groups is 1. The molecule has 1 fully saturated rings. The normalized spacial score (nSPS) is 26.2. The molecule has 100 valence electrons. The van der Waals surface area contributed by atoms with E-state index in [1.54, 1.807) is 0 Å². The predicted octanol–water partition coefficient (Wildman–Crippen LogP) is 0.973. The fourth-order valence-corrected chi connectivity index (χ4v) is 2.21. The molecule has 0 spiro atoms. The van der Waals surface area contributed by atoms with Crippen molar-refractivity contribution in [3.63, 3.8) is 0 Å². The summed E-state index contributed by atoms with van der Waals surface area (Å²) in [7, 11) is 2.15. The van der Waals surface area contributed by atoms with Crippen LogP contribution >= 0.6 is 0 Å². The van der Waals surface area contributed by atoms with Gasteiger partial charge in [-0.15, -0.1) is 0 Å². The lowest BCUT2D eigenvalue weighted by molar-refractivity contribution is -0.122. The Labute approximate surface area is 105 Å². The minimum absolute atomic E-state index is 0.126. The van der Waals surface area contributed by atoms with E-state index in [2.05, 4.69) is 29.5 Å². The zero-order chi connectivity index (χ0) is 13.1.